The molecule has 1 atom stereocenters. The molecule has 0 aliphatic carbocycles. The number of hydrogen-bond donors (Lipinski definition) is 2. The number of amides is 1. The normalized spacial score (nSPS) is 11.8. The molecule has 2 N–H and O–H groups in total. The van der Waals surface area contributed by atoms with Crippen LogP contribution in [-0.2, 0) is 4.79 Å². The topological polar surface area (TPSA) is 93.5 Å². The molecule has 0 aliphatic rings. The first-order valence-corrected chi connectivity index (χ1v) is 6.66. The molecule has 1 heterocycles. The third-order valence-electron chi connectivity index (χ3n) is 3.23. The Kier molecular flexibility index (Phi) is 4.45. The number of aryl methyl sites for hydroxylation is 1. The van der Waals surface area contributed by atoms with E-state index in [0.29, 0.717) is 11.4 Å². The minimum atomic E-state index is -1.06. The van der Waals surface area contributed by atoms with Crippen molar-refractivity contribution in [2.45, 2.75) is 19.9 Å². The van der Waals surface area contributed by atoms with Crippen molar-refractivity contribution >= 4 is 17.6 Å². The molecule has 1 amide bonds. The van der Waals surface area contributed by atoms with Crippen molar-refractivity contribution < 1.29 is 19.4 Å². The zero-order valence-corrected chi connectivity index (χ0v) is 12.5. The molecule has 2 aromatic rings. The number of nitrogens with one attached hydrogen (secondary N) is 1. The Morgan fingerprint density at radius 3 is 2.73 bits per heavy atom. The number of carboxylic acids is 1. The number of rotatable bonds is 5. The maximum Gasteiger partial charge on any atom is 0.328 e. The Morgan fingerprint density at radius 1 is 1.36 bits per heavy atom. The van der Waals surface area contributed by atoms with Crippen LogP contribution in [0.1, 0.15) is 29.0 Å². The first-order valence-electron chi connectivity index (χ1n) is 6.66. The van der Waals surface area contributed by atoms with Gasteiger partial charge >= 0.3 is 5.97 Å². The number of benzene rings is 1. The van der Waals surface area contributed by atoms with E-state index in [2.05, 4.69) is 10.4 Å². The average Bonchev–Trinajstić information content (AvgIpc) is 2.96. The summed E-state index contributed by atoms with van der Waals surface area (Å²) >= 11 is 0. The van der Waals surface area contributed by atoms with Gasteiger partial charge in [-0.25, -0.2) is 9.48 Å². The average molecular weight is 303 g/mol. The predicted octanol–water partition coefficient (Wildman–Crippen LogP) is 2.10. The predicted molar refractivity (Wildman–Crippen MR) is 80.3 cm³/mol. The van der Waals surface area contributed by atoms with Crippen molar-refractivity contribution in [2.75, 3.05) is 12.4 Å². The molecular formula is C15H17N3O4. The number of methoxy groups -OCH3 is 1. The summed E-state index contributed by atoms with van der Waals surface area (Å²) in [5, 5.41) is 15.7. The Hall–Kier alpha value is -2.83. The van der Waals surface area contributed by atoms with Gasteiger partial charge in [-0.2, -0.15) is 5.10 Å². The maximum absolute atomic E-state index is 12.4. The van der Waals surface area contributed by atoms with E-state index in [1.54, 1.807) is 12.1 Å². The number of carbonyl (C=O) groups is 2. The van der Waals surface area contributed by atoms with Crippen LogP contribution in [0.2, 0.25) is 0 Å². The van der Waals surface area contributed by atoms with Crippen molar-refractivity contribution in [1.29, 1.82) is 0 Å². The van der Waals surface area contributed by atoms with E-state index in [9.17, 15) is 9.59 Å². The molecule has 0 saturated carbocycles. The minimum absolute atomic E-state index is 0.165. The lowest BCUT2D eigenvalue weighted by molar-refractivity contribution is -0.140. The van der Waals surface area contributed by atoms with E-state index >= 15 is 0 Å². The highest BCUT2D eigenvalue weighted by Gasteiger charge is 2.21. The number of hydrogen-bond acceptors (Lipinski definition) is 4. The number of ether oxygens (including phenoxy) is 1. The number of anilines is 1. The monoisotopic (exact) mass is 303 g/mol. The van der Waals surface area contributed by atoms with Gasteiger partial charge < -0.3 is 15.2 Å². The molecule has 2 rings (SSSR count). The first-order chi connectivity index (χ1) is 10.4. The molecule has 22 heavy (non-hydrogen) atoms. The molecule has 0 radical (unpaired) electrons. The summed E-state index contributed by atoms with van der Waals surface area (Å²) in [6.45, 7) is 3.35. The first kappa shape index (κ1) is 15.6. The summed E-state index contributed by atoms with van der Waals surface area (Å²) in [6, 6.07) is 5.93. The van der Waals surface area contributed by atoms with Crippen molar-refractivity contribution in [1.82, 2.24) is 9.78 Å². The molecule has 7 nitrogen and oxygen atoms in total. The number of carbonyl (C=O) groups excluding carboxylic acids is 1. The highest BCUT2D eigenvalue weighted by molar-refractivity contribution is 6.04. The Balaban J connectivity index is 2.29. The van der Waals surface area contributed by atoms with Crippen LogP contribution in [0.15, 0.2) is 30.5 Å². The van der Waals surface area contributed by atoms with Gasteiger partial charge in [0.25, 0.3) is 5.91 Å². The van der Waals surface area contributed by atoms with Gasteiger partial charge in [0.1, 0.15) is 17.5 Å². The molecule has 0 saturated heterocycles. The standard InChI is InChI=1S/C15H17N3O4/c1-9-4-5-13(22-3)11(8-9)17-14(19)12-6-7-16-18(12)10(2)15(20)21/h4-8,10H,1-3H3,(H,17,19)(H,20,21). The van der Waals surface area contributed by atoms with Crippen LogP contribution < -0.4 is 10.1 Å². The third-order valence-corrected chi connectivity index (χ3v) is 3.23. The van der Waals surface area contributed by atoms with Crippen LogP contribution in [-0.4, -0.2) is 33.9 Å². The van der Waals surface area contributed by atoms with E-state index in [1.807, 2.05) is 13.0 Å². The van der Waals surface area contributed by atoms with Gasteiger partial charge in [-0.3, -0.25) is 4.79 Å². The van der Waals surface area contributed by atoms with Gasteiger partial charge in [0.15, 0.2) is 0 Å². The van der Waals surface area contributed by atoms with E-state index < -0.39 is 17.9 Å². The molecule has 7 heteroatoms. The second-order valence-corrected chi connectivity index (χ2v) is 4.83. The molecule has 0 fully saturated rings. The number of carboxylic acid groups (broad SMARTS) is 1. The van der Waals surface area contributed by atoms with E-state index in [0.717, 1.165) is 5.56 Å². The highest BCUT2D eigenvalue weighted by Crippen LogP contribution is 2.26. The molecule has 0 bridgehead atoms. The number of nitrogens with zero attached hydrogens (tertiary/aromatic N) is 2. The zero-order chi connectivity index (χ0) is 16.3. The molecular weight excluding hydrogens is 286 g/mol. The van der Waals surface area contributed by atoms with Crippen LogP contribution in [0.4, 0.5) is 5.69 Å². The SMILES string of the molecule is COc1ccc(C)cc1NC(=O)c1ccnn1C(C)C(=O)O. The van der Waals surface area contributed by atoms with Crippen molar-refractivity contribution in [3.05, 3.63) is 41.7 Å². The summed E-state index contributed by atoms with van der Waals surface area (Å²) in [5.74, 6) is -0.989. The van der Waals surface area contributed by atoms with Crippen LogP contribution in [0.5, 0.6) is 5.75 Å². The second-order valence-electron chi connectivity index (χ2n) is 4.83. The quantitative estimate of drug-likeness (QED) is 0.882. The number of aromatic nitrogens is 2. The largest absolute Gasteiger partial charge is 0.495 e. The van der Waals surface area contributed by atoms with Crippen LogP contribution in [0.25, 0.3) is 0 Å². The Bertz CT molecular complexity index is 709. The molecule has 0 aliphatic heterocycles. The summed E-state index contributed by atoms with van der Waals surface area (Å²) < 4.78 is 6.37. The van der Waals surface area contributed by atoms with Crippen LogP contribution >= 0.6 is 0 Å². The number of aliphatic carboxylic acids is 1. The summed E-state index contributed by atoms with van der Waals surface area (Å²) in [5.41, 5.74) is 1.64. The highest BCUT2D eigenvalue weighted by atomic mass is 16.5. The third kappa shape index (κ3) is 3.08. The van der Waals surface area contributed by atoms with E-state index in [-0.39, 0.29) is 5.69 Å². The van der Waals surface area contributed by atoms with Crippen LogP contribution in [0.3, 0.4) is 0 Å². The molecule has 1 aromatic carbocycles. The Labute approximate surface area is 127 Å². The van der Waals surface area contributed by atoms with E-state index in [4.69, 9.17) is 9.84 Å². The summed E-state index contributed by atoms with van der Waals surface area (Å²) in [4.78, 5) is 23.4. The lowest BCUT2D eigenvalue weighted by Gasteiger charge is -2.13. The molecule has 1 unspecified atom stereocenters. The molecule has 116 valence electrons. The lowest BCUT2D eigenvalue weighted by Crippen LogP contribution is -2.24. The van der Waals surface area contributed by atoms with Gasteiger partial charge in [-0.1, -0.05) is 6.07 Å². The second kappa shape index (κ2) is 6.30. The van der Waals surface area contributed by atoms with Gasteiger partial charge in [0, 0.05) is 6.20 Å². The summed E-state index contributed by atoms with van der Waals surface area (Å²) in [7, 11) is 1.51. The van der Waals surface area contributed by atoms with Gasteiger partial charge in [0.2, 0.25) is 0 Å². The fourth-order valence-corrected chi connectivity index (χ4v) is 2.01. The lowest BCUT2D eigenvalue weighted by atomic mass is 10.2. The Morgan fingerprint density at radius 2 is 2.09 bits per heavy atom. The van der Waals surface area contributed by atoms with Crippen molar-refractivity contribution in [3.63, 3.8) is 0 Å². The van der Waals surface area contributed by atoms with Gasteiger partial charge in [0.05, 0.1) is 12.8 Å². The zero-order valence-electron chi connectivity index (χ0n) is 12.5. The summed E-state index contributed by atoms with van der Waals surface area (Å²) in [6.07, 6.45) is 1.39. The fourth-order valence-electron chi connectivity index (χ4n) is 2.01. The fraction of sp³-hybridized carbons (Fsp3) is 0.267. The van der Waals surface area contributed by atoms with Gasteiger partial charge in [-0.15, -0.1) is 0 Å². The van der Waals surface area contributed by atoms with Crippen LogP contribution in [0, 0.1) is 6.92 Å². The van der Waals surface area contributed by atoms with Crippen molar-refractivity contribution in [3.8, 4) is 5.75 Å². The minimum Gasteiger partial charge on any atom is -0.495 e. The smallest absolute Gasteiger partial charge is 0.328 e. The van der Waals surface area contributed by atoms with E-state index in [1.165, 1.54) is 31.0 Å². The van der Waals surface area contributed by atoms with Crippen molar-refractivity contribution in [2.24, 2.45) is 0 Å². The molecule has 1 aromatic heterocycles. The maximum atomic E-state index is 12.4. The molecule has 0 spiro atoms. The van der Waals surface area contributed by atoms with Gasteiger partial charge in [-0.05, 0) is 37.6 Å².